The highest BCUT2D eigenvalue weighted by atomic mass is 19.1. The van der Waals surface area contributed by atoms with E-state index in [0.29, 0.717) is 0 Å². The van der Waals surface area contributed by atoms with Crippen LogP contribution in [0.15, 0.2) is 54.6 Å². The van der Waals surface area contributed by atoms with Crippen LogP contribution in [0, 0.1) is 5.82 Å². The van der Waals surface area contributed by atoms with E-state index in [1.54, 1.807) is 12.1 Å². The van der Waals surface area contributed by atoms with Crippen LogP contribution in [0.25, 0.3) is 0 Å². The van der Waals surface area contributed by atoms with Gasteiger partial charge in [-0.1, -0.05) is 42.5 Å². The average molecular weight is 345 g/mol. The normalized spacial score (nSPS) is 11.4. The van der Waals surface area contributed by atoms with Gasteiger partial charge in [0, 0.05) is 0 Å². The predicted octanol–water partition coefficient (Wildman–Crippen LogP) is 3.02. The number of halogens is 1. The number of carbonyl (C=O) groups excluding carboxylic acids is 2. The number of rotatable bonds is 8. The molecular formula is C19H20FNO4. The minimum Gasteiger partial charge on any atom is -0.490 e. The lowest BCUT2D eigenvalue weighted by Crippen LogP contribution is -2.31. The van der Waals surface area contributed by atoms with Gasteiger partial charge in [0.2, 0.25) is 5.91 Å². The highest BCUT2D eigenvalue weighted by molar-refractivity contribution is 5.78. The molecule has 0 aliphatic rings. The summed E-state index contributed by atoms with van der Waals surface area (Å²) in [4.78, 5) is 23.7. The summed E-state index contributed by atoms with van der Waals surface area (Å²) in [5.41, 5.74) is 0.802. The topological polar surface area (TPSA) is 64.6 Å². The molecule has 1 amide bonds. The molecule has 25 heavy (non-hydrogen) atoms. The van der Waals surface area contributed by atoms with Crippen LogP contribution in [0.3, 0.4) is 0 Å². The molecule has 5 nitrogen and oxygen atoms in total. The third-order valence-corrected chi connectivity index (χ3v) is 3.56. The zero-order chi connectivity index (χ0) is 18.1. The predicted molar refractivity (Wildman–Crippen MR) is 90.5 cm³/mol. The van der Waals surface area contributed by atoms with E-state index >= 15 is 0 Å². The Morgan fingerprint density at radius 1 is 1.08 bits per heavy atom. The van der Waals surface area contributed by atoms with Gasteiger partial charge in [0.15, 0.2) is 11.6 Å². The van der Waals surface area contributed by atoms with Crippen LogP contribution in [-0.4, -0.2) is 25.6 Å². The van der Waals surface area contributed by atoms with Crippen molar-refractivity contribution >= 4 is 11.9 Å². The Kier molecular flexibility index (Phi) is 6.95. The molecule has 0 bridgehead atoms. The molecule has 2 rings (SSSR count). The third-order valence-electron chi connectivity index (χ3n) is 3.56. The number of ether oxygens (including phenoxy) is 2. The molecule has 0 spiro atoms. The van der Waals surface area contributed by atoms with Crippen LogP contribution in [0.4, 0.5) is 4.39 Å². The average Bonchev–Trinajstić information content (AvgIpc) is 2.63. The van der Waals surface area contributed by atoms with E-state index < -0.39 is 17.8 Å². The molecule has 0 radical (unpaired) electrons. The number of nitrogens with one attached hydrogen (secondary N) is 1. The molecule has 0 saturated carbocycles. The maximum atomic E-state index is 13.5. The van der Waals surface area contributed by atoms with E-state index in [1.165, 1.54) is 19.2 Å². The van der Waals surface area contributed by atoms with Crippen molar-refractivity contribution in [1.82, 2.24) is 5.32 Å². The monoisotopic (exact) mass is 345 g/mol. The molecule has 2 aromatic rings. The first-order chi connectivity index (χ1) is 12.1. The smallest absolute Gasteiger partial charge is 0.307 e. The number of amides is 1. The molecular weight excluding hydrogens is 325 g/mol. The van der Waals surface area contributed by atoms with Crippen molar-refractivity contribution in [2.75, 3.05) is 13.7 Å². The summed E-state index contributed by atoms with van der Waals surface area (Å²) in [7, 11) is 1.30. The van der Waals surface area contributed by atoms with Gasteiger partial charge in [-0.25, -0.2) is 4.39 Å². The number of hydrogen-bond acceptors (Lipinski definition) is 4. The fourth-order valence-electron chi connectivity index (χ4n) is 2.27. The van der Waals surface area contributed by atoms with Gasteiger partial charge >= 0.3 is 5.97 Å². The number of methoxy groups -OCH3 is 1. The summed E-state index contributed by atoms with van der Waals surface area (Å²) in [6, 6.07) is 14.7. The molecule has 0 aliphatic heterocycles. The number of carbonyl (C=O) groups is 2. The van der Waals surface area contributed by atoms with Crippen molar-refractivity contribution in [2.24, 2.45) is 0 Å². The highest BCUT2D eigenvalue weighted by Gasteiger charge is 2.18. The van der Waals surface area contributed by atoms with Crippen molar-refractivity contribution in [1.29, 1.82) is 0 Å². The van der Waals surface area contributed by atoms with E-state index in [1.807, 2.05) is 30.3 Å². The van der Waals surface area contributed by atoms with Gasteiger partial charge < -0.3 is 14.8 Å². The first kappa shape index (κ1) is 18.4. The Morgan fingerprint density at radius 3 is 2.44 bits per heavy atom. The van der Waals surface area contributed by atoms with Crippen LogP contribution >= 0.6 is 0 Å². The molecule has 0 aliphatic carbocycles. The van der Waals surface area contributed by atoms with E-state index in [9.17, 15) is 14.0 Å². The van der Waals surface area contributed by atoms with Crippen LogP contribution in [0.1, 0.15) is 24.4 Å². The largest absolute Gasteiger partial charge is 0.490 e. The SMILES string of the molecule is COC(=O)C[C@H](NC(=O)CCOc1ccccc1F)c1ccccc1. The van der Waals surface area contributed by atoms with Crippen LogP contribution in [-0.2, 0) is 14.3 Å². The minimum atomic E-state index is -0.491. The minimum absolute atomic E-state index is 0.0282. The number of benzene rings is 2. The van der Waals surface area contributed by atoms with Crippen molar-refractivity contribution in [3.8, 4) is 5.75 Å². The molecule has 1 atom stereocenters. The van der Waals surface area contributed by atoms with Crippen molar-refractivity contribution in [3.05, 3.63) is 66.0 Å². The van der Waals surface area contributed by atoms with Gasteiger partial charge in [-0.05, 0) is 17.7 Å². The summed E-state index contributed by atoms with van der Waals surface area (Å²) in [6.45, 7) is 0.0342. The van der Waals surface area contributed by atoms with Gasteiger partial charge in [0.1, 0.15) is 0 Å². The van der Waals surface area contributed by atoms with Crippen molar-refractivity contribution in [2.45, 2.75) is 18.9 Å². The second-order valence-corrected chi connectivity index (χ2v) is 5.34. The van der Waals surface area contributed by atoms with Gasteiger partial charge in [0.25, 0.3) is 0 Å². The van der Waals surface area contributed by atoms with E-state index in [4.69, 9.17) is 4.74 Å². The van der Waals surface area contributed by atoms with Crippen LogP contribution in [0.2, 0.25) is 0 Å². The fourth-order valence-corrected chi connectivity index (χ4v) is 2.27. The first-order valence-electron chi connectivity index (χ1n) is 7.88. The first-order valence-corrected chi connectivity index (χ1v) is 7.88. The van der Waals surface area contributed by atoms with Gasteiger partial charge in [-0.3, -0.25) is 9.59 Å². The highest BCUT2D eigenvalue weighted by Crippen LogP contribution is 2.18. The van der Waals surface area contributed by atoms with Gasteiger partial charge in [0.05, 0.1) is 32.6 Å². The number of hydrogen-bond donors (Lipinski definition) is 1. The molecule has 132 valence electrons. The second kappa shape index (κ2) is 9.42. The summed E-state index contributed by atoms with van der Waals surface area (Å²) in [6.07, 6.45) is 0.0687. The Hall–Kier alpha value is -2.89. The maximum absolute atomic E-state index is 13.5. The van der Waals surface area contributed by atoms with E-state index in [-0.39, 0.29) is 31.1 Å². The fraction of sp³-hybridized carbons (Fsp3) is 0.263. The molecule has 0 saturated heterocycles. The summed E-state index contributed by atoms with van der Waals surface area (Å²) < 4.78 is 23.4. The van der Waals surface area contributed by atoms with Gasteiger partial charge in [-0.2, -0.15) is 0 Å². The number of para-hydroxylation sites is 1. The molecule has 0 heterocycles. The summed E-state index contributed by atoms with van der Waals surface area (Å²) >= 11 is 0. The lowest BCUT2D eigenvalue weighted by Gasteiger charge is -2.18. The molecule has 0 unspecified atom stereocenters. The summed E-state index contributed by atoms with van der Waals surface area (Å²) in [5, 5.41) is 2.79. The van der Waals surface area contributed by atoms with Crippen molar-refractivity contribution < 1.29 is 23.5 Å². The molecule has 0 aromatic heterocycles. The quantitative estimate of drug-likeness (QED) is 0.747. The second-order valence-electron chi connectivity index (χ2n) is 5.34. The molecule has 1 N–H and O–H groups in total. The Labute approximate surface area is 145 Å². The Balaban J connectivity index is 1.90. The van der Waals surface area contributed by atoms with Crippen LogP contribution in [0.5, 0.6) is 5.75 Å². The third kappa shape index (κ3) is 5.91. The number of esters is 1. The lowest BCUT2D eigenvalue weighted by molar-refractivity contribution is -0.141. The lowest BCUT2D eigenvalue weighted by atomic mass is 10.0. The summed E-state index contributed by atoms with van der Waals surface area (Å²) in [5.74, 6) is -1.09. The molecule has 0 fully saturated rings. The molecule has 6 heteroatoms. The Morgan fingerprint density at radius 2 is 1.76 bits per heavy atom. The van der Waals surface area contributed by atoms with Gasteiger partial charge in [-0.15, -0.1) is 0 Å². The van der Waals surface area contributed by atoms with Crippen molar-refractivity contribution in [3.63, 3.8) is 0 Å². The maximum Gasteiger partial charge on any atom is 0.307 e. The van der Waals surface area contributed by atoms with E-state index in [2.05, 4.69) is 10.1 Å². The van der Waals surface area contributed by atoms with E-state index in [0.717, 1.165) is 5.56 Å². The zero-order valence-corrected chi connectivity index (χ0v) is 13.9. The zero-order valence-electron chi connectivity index (χ0n) is 13.9. The Bertz CT molecular complexity index is 706. The van der Waals surface area contributed by atoms with Crippen LogP contribution < -0.4 is 10.1 Å². The standard InChI is InChI=1S/C19H20FNO4/c1-24-19(23)13-16(14-7-3-2-4-8-14)21-18(22)11-12-25-17-10-6-5-9-15(17)20/h2-10,16H,11-13H2,1H3,(H,21,22)/t16-/m0/s1. The molecule has 2 aromatic carbocycles.